The van der Waals surface area contributed by atoms with Gasteiger partial charge in [0.2, 0.25) is 0 Å². The molecular formula is C21H26N6S. The molecule has 2 aliphatic rings. The Morgan fingerprint density at radius 1 is 0.929 bits per heavy atom. The summed E-state index contributed by atoms with van der Waals surface area (Å²) in [6, 6.07) is 10.2. The lowest BCUT2D eigenvalue weighted by Gasteiger charge is -2.32. The number of rotatable bonds is 2. The molecule has 1 saturated heterocycles. The van der Waals surface area contributed by atoms with Gasteiger partial charge in [0.15, 0.2) is 5.11 Å². The number of hydrogen-bond acceptors (Lipinski definition) is 5. The fourth-order valence-electron chi connectivity index (χ4n) is 3.86. The molecule has 1 fully saturated rings. The van der Waals surface area contributed by atoms with Crippen LogP contribution in [0.25, 0.3) is 0 Å². The molecule has 28 heavy (non-hydrogen) atoms. The Morgan fingerprint density at radius 2 is 1.75 bits per heavy atom. The van der Waals surface area contributed by atoms with Crippen molar-refractivity contribution in [2.75, 3.05) is 31.1 Å². The predicted molar refractivity (Wildman–Crippen MR) is 117 cm³/mol. The number of nitrogens with zero attached hydrogens (tertiary/aromatic N) is 5. The van der Waals surface area contributed by atoms with E-state index in [0.717, 1.165) is 75.5 Å². The van der Waals surface area contributed by atoms with Crippen molar-refractivity contribution in [1.82, 2.24) is 20.3 Å². The molecule has 0 aromatic carbocycles. The van der Waals surface area contributed by atoms with E-state index in [1.54, 1.807) is 0 Å². The highest BCUT2D eigenvalue weighted by Crippen LogP contribution is 2.19. The second-order valence-corrected chi connectivity index (χ2v) is 7.60. The molecule has 1 N–H and O–H groups in total. The minimum Gasteiger partial charge on any atom is -0.356 e. The van der Waals surface area contributed by atoms with Crippen molar-refractivity contribution in [3.05, 3.63) is 54.0 Å². The van der Waals surface area contributed by atoms with Crippen molar-refractivity contribution in [2.24, 2.45) is 5.10 Å². The number of thiocarbonyl (C=S) groups is 1. The third kappa shape index (κ3) is 4.47. The zero-order chi connectivity index (χ0) is 19.2. The van der Waals surface area contributed by atoms with Crippen LogP contribution in [0, 0.1) is 0 Å². The highest BCUT2D eigenvalue weighted by atomic mass is 32.1. The van der Waals surface area contributed by atoms with Crippen LogP contribution in [0.1, 0.15) is 36.9 Å². The molecule has 1 aliphatic heterocycles. The summed E-state index contributed by atoms with van der Waals surface area (Å²) in [6.07, 6.45) is 8.91. The number of aryl methyl sites for hydroxylation is 1. The lowest BCUT2D eigenvalue weighted by Crippen LogP contribution is -2.43. The molecule has 4 rings (SSSR count). The minimum absolute atomic E-state index is 0.710. The van der Waals surface area contributed by atoms with Gasteiger partial charge in [-0.25, -0.2) is 4.98 Å². The second kappa shape index (κ2) is 9.10. The Balaban J connectivity index is 1.34. The molecule has 0 bridgehead atoms. The summed E-state index contributed by atoms with van der Waals surface area (Å²) in [5.74, 6) is 1.06. The fraction of sp³-hybridized carbons (Fsp3) is 0.429. The predicted octanol–water partition coefficient (Wildman–Crippen LogP) is 2.99. The number of aromatic nitrogens is 2. The Morgan fingerprint density at radius 3 is 2.54 bits per heavy atom. The monoisotopic (exact) mass is 394 g/mol. The van der Waals surface area contributed by atoms with Gasteiger partial charge in [-0.2, -0.15) is 5.10 Å². The normalized spacial score (nSPS) is 18.9. The lowest BCUT2D eigenvalue weighted by atomic mass is 9.95. The molecule has 146 valence electrons. The molecule has 2 aromatic rings. The molecule has 0 radical (unpaired) electrons. The van der Waals surface area contributed by atoms with Crippen LogP contribution in [0.3, 0.4) is 0 Å². The quantitative estimate of drug-likeness (QED) is 0.624. The number of pyridine rings is 2. The van der Waals surface area contributed by atoms with Gasteiger partial charge in [0.25, 0.3) is 0 Å². The largest absolute Gasteiger partial charge is 0.356 e. The van der Waals surface area contributed by atoms with E-state index in [1.165, 1.54) is 5.56 Å². The first-order valence-corrected chi connectivity index (χ1v) is 10.4. The van der Waals surface area contributed by atoms with Gasteiger partial charge < -0.3 is 9.80 Å². The van der Waals surface area contributed by atoms with Crippen LogP contribution in [0.2, 0.25) is 0 Å². The fourth-order valence-corrected chi connectivity index (χ4v) is 4.09. The Labute approximate surface area is 171 Å². The van der Waals surface area contributed by atoms with Crippen LogP contribution in [0.15, 0.2) is 47.8 Å². The van der Waals surface area contributed by atoms with E-state index >= 15 is 0 Å². The van der Waals surface area contributed by atoms with Gasteiger partial charge in [0, 0.05) is 38.6 Å². The molecule has 0 saturated carbocycles. The van der Waals surface area contributed by atoms with Crippen LogP contribution in [0.5, 0.6) is 0 Å². The standard InChI is InChI=1S/C21H26N6S/c28-21(25-24-18-9-3-7-17-8-4-12-23-20(17)18)27-15-5-13-26(14-6-16-27)19-10-1-2-11-22-19/h1-2,4,8,10-12H,3,5-7,9,13-16H2,(H,25,28)/b24-18-. The summed E-state index contributed by atoms with van der Waals surface area (Å²) < 4.78 is 0. The van der Waals surface area contributed by atoms with Gasteiger partial charge in [0.1, 0.15) is 5.82 Å². The lowest BCUT2D eigenvalue weighted by molar-refractivity contribution is 0.379. The van der Waals surface area contributed by atoms with Crippen molar-refractivity contribution >= 4 is 28.9 Å². The Bertz CT molecular complexity index is 828. The number of fused-ring (bicyclic) bond motifs is 1. The van der Waals surface area contributed by atoms with Crippen molar-refractivity contribution in [3.8, 4) is 0 Å². The maximum absolute atomic E-state index is 5.63. The summed E-state index contributed by atoms with van der Waals surface area (Å²) in [5.41, 5.74) is 6.44. The Hall–Kier alpha value is -2.54. The Kier molecular flexibility index (Phi) is 6.11. The number of nitrogens with one attached hydrogen (secondary N) is 1. The van der Waals surface area contributed by atoms with Gasteiger partial charge in [0.05, 0.1) is 11.4 Å². The maximum Gasteiger partial charge on any atom is 0.189 e. The first-order valence-electron chi connectivity index (χ1n) is 10.0. The van der Waals surface area contributed by atoms with Crippen LogP contribution in [-0.4, -0.2) is 51.9 Å². The number of hydrogen-bond donors (Lipinski definition) is 1. The van der Waals surface area contributed by atoms with Gasteiger partial charge in [-0.15, -0.1) is 0 Å². The molecule has 0 atom stereocenters. The average molecular weight is 395 g/mol. The zero-order valence-electron chi connectivity index (χ0n) is 16.0. The molecule has 0 spiro atoms. The number of hydrazone groups is 1. The summed E-state index contributed by atoms with van der Waals surface area (Å²) >= 11 is 5.63. The first-order chi connectivity index (χ1) is 13.8. The van der Waals surface area contributed by atoms with Gasteiger partial charge in [-0.3, -0.25) is 10.4 Å². The average Bonchev–Trinajstić information content (AvgIpc) is 2.72. The second-order valence-electron chi connectivity index (χ2n) is 7.21. The van der Waals surface area contributed by atoms with Crippen molar-refractivity contribution < 1.29 is 0 Å². The summed E-state index contributed by atoms with van der Waals surface area (Å²) in [6.45, 7) is 3.83. The molecule has 0 amide bonds. The number of anilines is 1. The first kappa shape index (κ1) is 18.8. The van der Waals surface area contributed by atoms with E-state index in [2.05, 4.69) is 42.4 Å². The van der Waals surface area contributed by atoms with E-state index < -0.39 is 0 Å². The van der Waals surface area contributed by atoms with Crippen molar-refractivity contribution in [1.29, 1.82) is 0 Å². The highest BCUT2D eigenvalue weighted by Gasteiger charge is 2.18. The molecule has 0 unspecified atom stereocenters. The third-order valence-electron chi connectivity index (χ3n) is 5.28. The molecule has 2 aromatic heterocycles. The van der Waals surface area contributed by atoms with Crippen LogP contribution in [0.4, 0.5) is 5.82 Å². The van der Waals surface area contributed by atoms with E-state index in [0.29, 0.717) is 5.11 Å². The van der Waals surface area contributed by atoms with Crippen molar-refractivity contribution in [3.63, 3.8) is 0 Å². The highest BCUT2D eigenvalue weighted by molar-refractivity contribution is 7.80. The topological polar surface area (TPSA) is 56.7 Å². The van der Waals surface area contributed by atoms with E-state index in [1.807, 2.05) is 30.6 Å². The van der Waals surface area contributed by atoms with Gasteiger partial charge >= 0.3 is 0 Å². The molecule has 6 nitrogen and oxygen atoms in total. The summed E-state index contributed by atoms with van der Waals surface area (Å²) in [4.78, 5) is 13.6. The zero-order valence-corrected chi connectivity index (χ0v) is 16.9. The van der Waals surface area contributed by atoms with Crippen molar-refractivity contribution in [2.45, 2.75) is 32.1 Å². The van der Waals surface area contributed by atoms with Gasteiger partial charge in [-0.1, -0.05) is 12.1 Å². The van der Waals surface area contributed by atoms with E-state index in [-0.39, 0.29) is 0 Å². The molecular weight excluding hydrogens is 368 g/mol. The van der Waals surface area contributed by atoms with Gasteiger partial charge in [-0.05, 0) is 68.1 Å². The smallest absolute Gasteiger partial charge is 0.189 e. The summed E-state index contributed by atoms with van der Waals surface area (Å²) in [5, 5.41) is 5.33. The van der Waals surface area contributed by atoms with E-state index in [4.69, 9.17) is 12.2 Å². The van der Waals surface area contributed by atoms with Crippen LogP contribution >= 0.6 is 12.2 Å². The van der Waals surface area contributed by atoms with E-state index in [9.17, 15) is 0 Å². The molecule has 1 aliphatic carbocycles. The minimum atomic E-state index is 0.710. The van der Waals surface area contributed by atoms with Crippen LogP contribution < -0.4 is 10.3 Å². The maximum atomic E-state index is 5.63. The molecule has 7 heteroatoms. The van der Waals surface area contributed by atoms with Crippen LogP contribution in [-0.2, 0) is 6.42 Å². The third-order valence-corrected chi connectivity index (χ3v) is 5.63. The molecule has 3 heterocycles. The summed E-state index contributed by atoms with van der Waals surface area (Å²) in [7, 11) is 0. The SMILES string of the molecule is S=C(N/N=C1/CCCc2cccnc21)N1CCCN(c2ccccn2)CCC1.